The fourth-order valence-electron chi connectivity index (χ4n) is 4.05. The Morgan fingerprint density at radius 3 is 2.21 bits per heavy atom. The van der Waals surface area contributed by atoms with Crippen molar-refractivity contribution in [1.29, 1.82) is 0 Å². The van der Waals surface area contributed by atoms with Crippen molar-refractivity contribution in [2.24, 2.45) is 23.7 Å². The first-order valence-electron chi connectivity index (χ1n) is 7.09. The van der Waals surface area contributed by atoms with Crippen molar-refractivity contribution in [2.45, 2.75) is 6.42 Å². The second-order valence-electron chi connectivity index (χ2n) is 5.98. The average molecular weight is 262 g/mol. The van der Waals surface area contributed by atoms with E-state index in [1.54, 1.807) is 0 Å². The largest absolute Gasteiger partial charge is 0.379 e. The van der Waals surface area contributed by atoms with E-state index in [0.717, 1.165) is 19.5 Å². The van der Waals surface area contributed by atoms with Crippen LogP contribution in [0.2, 0.25) is 0 Å². The molecule has 4 rings (SSSR count). The van der Waals surface area contributed by atoms with Gasteiger partial charge >= 0.3 is 0 Å². The molecule has 1 saturated carbocycles. The van der Waals surface area contributed by atoms with Gasteiger partial charge in [-0.2, -0.15) is 0 Å². The number of morpholine rings is 1. The topological polar surface area (TPSA) is 49.9 Å². The molecular formula is C14H18N2O3. The highest BCUT2D eigenvalue weighted by atomic mass is 16.5. The third-order valence-electron chi connectivity index (χ3n) is 5.01. The molecule has 102 valence electrons. The fourth-order valence-corrected chi connectivity index (χ4v) is 4.05. The van der Waals surface area contributed by atoms with Crippen LogP contribution in [0, 0.1) is 23.7 Å². The average Bonchev–Trinajstić information content (AvgIpc) is 3.10. The molecule has 2 saturated heterocycles. The molecule has 2 amide bonds. The van der Waals surface area contributed by atoms with Crippen LogP contribution in [0.25, 0.3) is 0 Å². The van der Waals surface area contributed by atoms with E-state index >= 15 is 0 Å². The summed E-state index contributed by atoms with van der Waals surface area (Å²) in [5, 5.41) is 0. The molecule has 0 N–H and O–H groups in total. The van der Waals surface area contributed by atoms with Crippen LogP contribution in [0.3, 0.4) is 0 Å². The minimum atomic E-state index is -0.0662. The molecule has 4 atom stereocenters. The number of carbonyl (C=O) groups is 2. The van der Waals surface area contributed by atoms with E-state index in [-0.39, 0.29) is 23.7 Å². The number of amides is 2. The molecule has 2 bridgehead atoms. The van der Waals surface area contributed by atoms with Crippen molar-refractivity contribution in [3.63, 3.8) is 0 Å². The molecule has 2 aliphatic heterocycles. The van der Waals surface area contributed by atoms with Crippen LogP contribution < -0.4 is 0 Å². The summed E-state index contributed by atoms with van der Waals surface area (Å²) in [6.07, 6.45) is 5.27. The summed E-state index contributed by atoms with van der Waals surface area (Å²) in [4.78, 5) is 28.6. The van der Waals surface area contributed by atoms with Crippen LogP contribution in [0.1, 0.15) is 6.42 Å². The van der Waals surface area contributed by atoms with Gasteiger partial charge in [-0.05, 0) is 18.3 Å². The number of imide groups is 1. The lowest BCUT2D eigenvalue weighted by atomic mass is 9.85. The molecule has 0 aromatic heterocycles. The summed E-state index contributed by atoms with van der Waals surface area (Å²) in [6.45, 7) is 3.44. The van der Waals surface area contributed by atoms with Crippen molar-refractivity contribution in [3.8, 4) is 0 Å². The van der Waals surface area contributed by atoms with Crippen molar-refractivity contribution in [3.05, 3.63) is 12.2 Å². The highest BCUT2D eigenvalue weighted by Crippen LogP contribution is 2.52. The molecule has 0 radical (unpaired) electrons. The van der Waals surface area contributed by atoms with Gasteiger partial charge in [-0.25, -0.2) is 0 Å². The monoisotopic (exact) mass is 262 g/mol. The van der Waals surface area contributed by atoms with Gasteiger partial charge in [-0.1, -0.05) is 12.2 Å². The predicted octanol–water partition coefficient (Wildman–Crippen LogP) is 0.0832. The van der Waals surface area contributed by atoms with Crippen molar-refractivity contribution in [2.75, 3.05) is 33.0 Å². The molecule has 0 aromatic carbocycles. The SMILES string of the molecule is O=C1C2C3C=CC(C3)C2C(=O)N1CN1CCOCC1. The van der Waals surface area contributed by atoms with E-state index in [9.17, 15) is 9.59 Å². The molecule has 5 nitrogen and oxygen atoms in total. The van der Waals surface area contributed by atoms with Gasteiger partial charge < -0.3 is 4.74 Å². The lowest BCUT2D eigenvalue weighted by molar-refractivity contribution is -0.144. The summed E-state index contributed by atoms with van der Waals surface area (Å²) in [5.74, 6) is 0.589. The van der Waals surface area contributed by atoms with E-state index in [1.165, 1.54) is 4.90 Å². The molecule has 19 heavy (non-hydrogen) atoms. The van der Waals surface area contributed by atoms with Gasteiger partial charge in [-0.3, -0.25) is 19.4 Å². The Balaban J connectivity index is 1.52. The standard InChI is InChI=1S/C14H18N2O3/c17-13-11-9-1-2-10(7-9)12(11)14(18)16(13)8-15-3-5-19-6-4-15/h1-2,9-12H,3-8H2. The first-order chi connectivity index (χ1) is 9.25. The molecule has 2 aliphatic carbocycles. The number of hydrogen-bond donors (Lipinski definition) is 0. The number of allylic oxidation sites excluding steroid dienone is 2. The molecule has 4 aliphatic rings. The number of fused-ring (bicyclic) bond motifs is 5. The van der Waals surface area contributed by atoms with Gasteiger partial charge in [0.25, 0.3) is 0 Å². The number of rotatable bonds is 2. The maximum absolute atomic E-state index is 12.5. The van der Waals surface area contributed by atoms with Crippen LogP contribution in [-0.4, -0.2) is 54.6 Å². The first kappa shape index (κ1) is 11.6. The fraction of sp³-hybridized carbons (Fsp3) is 0.714. The van der Waals surface area contributed by atoms with E-state index < -0.39 is 0 Å². The van der Waals surface area contributed by atoms with Crippen LogP contribution in [-0.2, 0) is 14.3 Å². The lowest BCUT2D eigenvalue weighted by Gasteiger charge is -2.30. The van der Waals surface area contributed by atoms with Gasteiger partial charge in [0.15, 0.2) is 0 Å². The molecule has 2 heterocycles. The third kappa shape index (κ3) is 1.61. The van der Waals surface area contributed by atoms with E-state index in [2.05, 4.69) is 17.1 Å². The number of nitrogens with zero attached hydrogens (tertiary/aromatic N) is 2. The smallest absolute Gasteiger partial charge is 0.234 e. The molecule has 5 heteroatoms. The van der Waals surface area contributed by atoms with Crippen molar-refractivity contribution < 1.29 is 14.3 Å². The zero-order chi connectivity index (χ0) is 13.0. The lowest BCUT2D eigenvalue weighted by Crippen LogP contribution is -2.46. The summed E-state index contributed by atoms with van der Waals surface area (Å²) >= 11 is 0. The van der Waals surface area contributed by atoms with Crippen LogP contribution in [0.4, 0.5) is 0 Å². The van der Waals surface area contributed by atoms with E-state index in [1.807, 2.05) is 0 Å². The number of ether oxygens (including phenoxy) is 1. The molecule has 4 unspecified atom stereocenters. The molecular weight excluding hydrogens is 244 g/mol. The van der Waals surface area contributed by atoms with Crippen molar-refractivity contribution in [1.82, 2.24) is 9.80 Å². The Morgan fingerprint density at radius 2 is 1.63 bits per heavy atom. The second kappa shape index (κ2) is 4.15. The minimum absolute atomic E-state index is 0.0540. The minimum Gasteiger partial charge on any atom is -0.379 e. The molecule has 3 fully saturated rings. The Labute approximate surface area is 112 Å². The second-order valence-corrected chi connectivity index (χ2v) is 5.98. The summed E-state index contributed by atoms with van der Waals surface area (Å²) in [6, 6.07) is 0. The van der Waals surface area contributed by atoms with Gasteiger partial charge in [0, 0.05) is 13.1 Å². The number of hydrogen-bond acceptors (Lipinski definition) is 4. The van der Waals surface area contributed by atoms with Crippen LogP contribution >= 0.6 is 0 Å². The number of carbonyl (C=O) groups excluding carboxylic acids is 2. The van der Waals surface area contributed by atoms with Crippen LogP contribution in [0.5, 0.6) is 0 Å². The zero-order valence-electron chi connectivity index (χ0n) is 10.8. The van der Waals surface area contributed by atoms with Gasteiger partial charge in [0.2, 0.25) is 11.8 Å². The van der Waals surface area contributed by atoms with E-state index in [4.69, 9.17) is 4.74 Å². The number of likely N-dealkylation sites (tertiary alicyclic amines) is 1. The zero-order valence-corrected chi connectivity index (χ0v) is 10.8. The quantitative estimate of drug-likeness (QED) is 0.522. The highest BCUT2D eigenvalue weighted by Gasteiger charge is 2.59. The molecule has 0 spiro atoms. The summed E-state index contributed by atoms with van der Waals surface area (Å²) in [7, 11) is 0. The molecule has 0 aromatic rings. The first-order valence-corrected chi connectivity index (χ1v) is 7.09. The van der Waals surface area contributed by atoms with E-state index in [0.29, 0.717) is 31.7 Å². The van der Waals surface area contributed by atoms with Crippen molar-refractivity contribution >= 4 is 11.8 Å². The van der Waals surface area contributed by atoms with Crippen LogP contribution in [0.15, 0.2) is 12.2 Å². The maximum atomic E-state index is 12.5. The maximum Gasteiger partial charge on any atom is 0.234 e. The Hall–Kier alpha value is -1.20. The van der Waals surface area contributed by atoms with Gasteiger partial charge in [0.05, 0.1) is 31.7 Å². The highest BCUT2D eigenvalue weighted by molar-refractivity contribution is 6.06. The predicted molar refractivity (Wildman–Crippen MR) is 66.8 cm³/mol. The third-order valence-corrected chi connectivity index (χ3v) is 5.01. The summed E-state index contributed by atoms with van der Waals surface area (Å²) < 4.78 is 5.30. The van der Waals surface area contributed by atoms with Gasteiger partial charge in [0.1, 0.15) is 0 Å². The summed E-state index contributed by atoms with van der Waals surface area (Å²) in [5.41, 5.74) is 0. The Kier molecular flexibility index (Phi) is 2.53. The Morgan fingerprint density at radius 1 is 1.05 bits per heavy atom. The normalized spacial score (nSPS) is 41.4. The Bertz CT molecular complexity index is 426. The van der Waals surface area contributed by atoms with Gasteiger partial charge in [-0.15, -0.1) is 0 Å².